The van der Waals surface area contributed by atoms with E-state index in [4.69, 9.17) is 0 Å². The molecule has 4 rings (SSSR count). The van der Waals surface area contributed by atoms with E-state index in [1.807, 2.05) is 48.5 Å². The Hall–Kier alpha value is -3.77. The number of nitrogens with zero attached hydrogens (tertiary/aromatic N) is 2. The molecule has 4 aromatic rings. The fraction of sp³-hybridized carbons (Fsp3) is 0.143. The molecule has 1 N–H and O–H groups in total. The molecule has 6 heteroatoms. The number of aryl methyl sites for hydroxylation is 1. The van der Waals surface area contributed by atoms with Gasteiger partial charge >= 0.3 is 0 Å². The summed E-state index contributed by atoms with van der Waals surface area (Å²) in [7, 11) is -3.25. The number of hydrogen-bond donors (Lipinski definition) is 1. The smallest absolute Gasteiger partial charge is 0.175 e. The van der Waals surface area contributed by atoms with Crippen LogP contribution in [0.1, 0.15) is 34.6 Å². The summed E-state index contributed by atoms with van der Waals surface area (Å²) in [4.78, 5) is 4.36. The lowest BCUT2D eigenvalue weighted by Crippen LogP contribution is -2.12. The van der Waals surface area contributed by atoms with Crippen LogP contribution in [0.25, 0.3) is 11.1 Å². The summed E-state index contributed by atoms with van der Waals surface area (Å²) in [5.74, 6) is -0.0458. The largest absolute Gasteiger partial charge is 0.411 e. The van der Waals surface area contributed by atoms with Gasteiger partial charge in [-0.05, 0) is 59.0 Å². The average Bonchev–Trinajstić information content (AvgIpc) is 2.86. The predicted octanol–water partition coefficient (Wildman–Crippen LogP) is 5.86. The highest BCUT2D eigenvalue weighted by Crippen LogP contribution is 2.34. The Morgan fingerprint density at radius 2 is 1.62 bits per heavy atom. The summed E-state index contributed by atoms with van der Waals surface area (Å²) in [6.07, 6.45) is 5.08. The Morgan fingerprint density at radius 3 is 2.26 bits per heavy atom. The average molecular weight is 471 g/mol. The van der Waals surface area contributed by atoms with Crippen molar-refractivity contribution in [3.05, 3.63) is 120 Å². The number of oxime groups is 1. The lowest BCUT2D eigenvalue weighted by atomic mass is 9.82. The summed E-state index contributed by atoms with van der Waals surface area (Å²) < 4.78 is 23.7. The van der Waals surface area contributed by atoms with Crippen LogP contribution < -0.4 is 0 Å². The number of rotatable bonds is 7. The van der Waals surface area contributed by atoms with Crippen molar-refractivity contribution in [2.75, 3.05) is 6.26 Å². The van der Waals surface area contributed by atoms with Gasteiger partial charge < -0.3 is 5.21 Å². The molecule has 1 atom stereocenters. The predicted molar refractivity (Wildman–Crippen MR) is 135 cm³/mol. The zero-order chi connectivity index (χ0) is 24.1. The fourth-order valence-electron chi connectivity index (χ4n) is 4.17. The first-order valence-corrected chi connectivity index (χ1v) is 12.8. The minimum Gasteiger partial charge on any atom is -0.411 e. The first-order chi connectivity index (χ1) is 16.4. The molecular weight excluding hydrogens is 444 g/mol. The Bertz CT molecular complexity index is 1410. The maximum atomic E-state index is 11.8. The van der Waals surface area contributed by atoms with E-state index in [1.165, 1.54) is 6.26 Å². The fourth-order valence-corrected chi connectivity index (χ4v) is 4.80. The Kier molecular flexibility index (Phi) is 6.89. The van der Waals surface area contributed by atoms with Crippen molar-refractivity contribution in [1.82, 2.24) is 4.98 Å². The van der Waals surface area contributed by atoms with Gasteiger partial charge in [0.25, 0.3) is 0 Å². The summed E-state index contributed by atoms with van der Waals surface area (Å²) in [5.41, 5.74) is 6.71. The van der Waals surface area contributed by atoms with Crippen molar-refractivity contribution in [1.29, 1.82) is 0 Å². The summed E-state index contributed by atoms with van der Waals surface area (Å²) >= 11 is 0. The van der Waals surface area contributed by atoms with Crippen LogP contribution in [0.5, 0.6) is 0 Å². The van der Waals surface area contributed by atoms with Gasteiger partial charge in [-0.2, -0.15) is 0 Å². The van der Waals surface area contributed by atoms with Gasteiger partial charge in [0.1, 0.15) is 0 Å². The summed E-state index contributed by atoms with van der Waals surface area (Å²) in [5, 5.41) is 13.5. The van der Waals surface area contributed by atoms with Crippen molar-refractivity contribution in [2.24, 2.45) is 5.16 Å². The minimum atomic E-state index is -3.25. The Balaban J connectivity index is 1.76. The highest BCUT2D eigenvalue weighted by atomic mass is 32.2. The van der Waals surface area contributed by atoms with E-state index in [2.05, 4.69) is 41.3 Å². The van der Waals surface area contributed by atoms with Gasteiger partial charge in [-0.15, -0.1) is 0 Å². The van der Waals surface area contributed by atoms with E-state index in [0.29, 0.717) is 17.0 Å². The zero-order valence-electron chi connectivity index (χ0n) is 19.1. The molecule has 172 valence electrons. The maximum absolute atomic E-state index is 11.8. The van der Waals surface area contributed by atoms with Gasteiger partial charge in [-0.3, -0.25) is 4.98 Å². The molecule has 0 amide bonds. The Morgan fingerprint density at radius 1 is 0.912 bits per heavy atom. The van der Waals surface area contributed by atoms with Gasteiger partial charge in [0, 0.05) is 36.6 Å². The second-order valence-electron chi connectivity index (χ2n) is 8.32. The number of aromatic nitrogens is 1. The van der Waals surface area contributed by atoms with Gasteiger partial charge in [0.2, 0.25) is 0 Å². The maximum Gasteiger partial charge on any atom is 0.175 e. The molecule has 1 unspecified atom stereocenters. The molecule has 3 aromatic carbocycles. The number of benzene rings is 3. The van der Waals surface area contributed by atoms with Crippen molar-refractivity contribution in [2.45, 2.75) is 24.2 Å². The van der Waals surface area contributed by atoms with Crippen LogP contribution in [0, 0.1) is 6.92 Å². The lowest BCUT2D eigenvalue weighted by Gasteiger charge is -2.21. The molecular formula is C28H26N2O3S. The van der Waals surface area contributed by atoms with Crippen LogP contribution in [-0.2, 0) is 9.84 Å². The van der Waals surface area contributed by atoms with Gasteiger partial charge in [0.15, 0.2) is 9.84 Å². The molecule has 0 aliphatic carbocycles. The van der Waals surface area contributed by atoms with E-state index in [1.54, 1.807) is 24.5 Å². The van der Waals surface area contributed by atoms with E-state index >= 15 is 0 Å². The lowest BCUT2D eigenvalue weighted by molar-refractivity contribution is 0.317. The molecule has 0 saturated heterocycles. The van der Waals surface area contributed by atoms with Crippen molar-refractivity contribution < 1.29 is 13.6 Å². The van der Waals surface area contributed by atoms with Gasteiger partial charge in [-0.25, -0.2) is 8.42 Å². The van der Waals surface area contributed by atoms with Gasteiger partial charge in [0.05, 0.1) is 10.6 Å². The second-order valence-corrected chi connectivity index (χ2v) is 10.3. The zero-order valence-corrected chi connectivity index (χ0v) is 19.9. The van der Waals surface area contributed by atoms with Crippen LogP contribution in [0.3, 0.4) is 0 Å². The van der Waals surface area contributed by atoms with Crippen LogP contribution in [0.4, 0.5) is 0 Å². The van der Waals surface area contributed by atoms with Crippen molar-refractivity contribution in [3.8, 4) is 11.1 Å². The first kappa shape index (κ1) is 23.4. The van der Waals surface area contributed by atoms with Crippen LogP contribution in [-0.4, -0.2) is 30.6 Å². The molecule has 5 nitrogen and oxygen atoms in total. The molecule has 0 fully saturated rings. The monoisotopic (exact) mass is 470 g/mol. The molecule has 34 heavy (non-hydrogen) atoms. The molecule has 0 radical (unpaired) electrons. The van der Waals surface area contributed by atoms with Crippen LogP contribution >= 0.6 is 0 Å². The van der Waals surface area contributed by atoms with E-state index in [0.717, 1.165) is 33.4 Å². The quantitative estimate of drug-likeness (QED) is 0.208. The molecule has 0 saturated carbocycles. The van der Waals surface area contributed by atoms with Crippen LogP contribution in [0.2, 0.25) is 0 Å². The third-order valence-corrected chi connectivity index (χ3v) is 7.13. The standard InChI is InChI=1S/C28H26N2O3S/c1-20-6-3-4-9-26(20)27(19-28(30-31)22-14-16-29-17-15-22)24-8-5-7-23(18-24)21-10-12-25(13-11-21)34(2,32)33/h3-18,27,31H,19H2,1-2H3/b30-28+. The number of pyridine rings is 1. The molecule has 0 aliphatic heterocycles. The first-order valence-electron chi connectivity index (χ1n) is 10.9. The van der Waals surface area contributed by atoms with Gasteiger partial charge in [-0.1, -0.05) is 65.8 Å². The highest BCUT2D eigenvalue weighted by molar-refractivity contribution is 7.90. The SMILES string of the molecule is Cc1ccccc1C(C/C(=N\O)c1ccncc1)c1cccc(-c2ccc(S(C)(=O)=O)cc2)c1. The van der Waals surface area contributed by atoms with E-state index in [-0.39, 0.29) is 5.92 Å². The third kappa shape index (κ3) is 5.24. The Labute approximate surface area is 200 Å². The van der Waals surface area contributed by atoms with Crippen molar-refractivity contribution in [3.63, 3.8) is 0 Å². The normalized spacial score (nSPS) is 12.9. The topological polar surface area (TPSA) is 79.6 Å². The highest BCUT2D eigenvalue weighted by Gasteiger charge is 2.21. The summed E-state index contributed by atoms with van der Waals surface area (Å²) in [6, 6.07) is 27.0. The molecule has 1 heterocycles. The van der Waals surface area contributed by atoms with E-state index in [9.17, 15) is 13.6 Å². The number of sulfone groups is 1. The number of hydrogen-bond acceptors (Lipinski definition) is 5. The van der Waals surface area contributed by atoms with E-state index < -0.39 is 9.84 Å². The third-order valence-electron chi connectivity index (χ3n) is 6.00. The summed E-state index contributed by atoms with van der Waals surface area (Å²) in [6.45, 7) is 2.08. The molecule has 0 spiro atoms. The molecule has 0 aliphatic rings. The molecule has 1 aromatic heterocycles. The second kappa shape index (κ2) is 10.0. The van der Waals surface area contributed by atoms with Crippen molar-refractivity contribution >= 4 is 15.5 Å². The minimum absolute atomic E-state index is 0.0458. The molecule has 0 bridgehead atoms. The van der Waals surface area contributed by atoms with Crippen LogP contribution in [0.15, 0.2) is 107 Å².